The van der Waals surface area contributed by atoms with Crippen LogP contribution in [0.15, 0.2) is 97.6 Å². The summed E-state index contributed by atoms with van der Waals surface area (Å²) in [7, 11) is 2.18. The van der Waals surface area contributed by atoms with Gasteiger partial charge in [-0.05, 0) is 42.9 Å². The average Bonchev–Trinajstić information content (AvgIpc) is 3.62. The Kier molecular flexibility index (Phi) is 6.45. The first-order valence-electron chi connectivity index (χ1n) is 13.9. The Morgan fingerprint density at radius 2 is 1.76 bits per heavy atom. The molecule has 0 atom stereocenters. The van der Waals surface area contributed by atoms with Crippen LogP contribution in [-0.2, 0) is 6.42 Å². The topological polar surface area (TPSA) is 88.8 Å². The molecule has 3 N–H and O–H groups in total. The predicted octanol–water partition coefficient (Wildman–Crippen LogP) is 6.09. The first-order valence-corrected chi connectivity index (χ1v) is 13.9. The van der Waals surface area contributed by atoms with E-state index >= 15 is 0 Å². The molecule has 7 rings (SSSR count). The van der Waals surface area contributed by atoms with Crippen molar-refractivity contribution in [2.45, 2.75) is 6.42 Å². The number of piperazine rings is 1. The lowest BCUT2D eigenvalue weighted by Gasteiger charge is -2.34. The monoisotopic (exact) mass is 540 g/mol. The van der Waals surface area contributed by atoms with Crippen LogP contribution in [0.4, 0.5) is 11.4 Å². The van der Waals surface area contributed by atoms with Gasteiger partial charge in [-0.25, -0.2) is 0 Å². The van der Waals surface area contributed by atoms with Gasteiger partial charge in [0.15, 0.2) is 0 Å². The minimum Gasteiger partial charge on any atom is -0.368 e. The molecule has 1 aliphatic heterocycles. The fourth-order valence-electron chi connectivity index (χ4n) is 5.61. The van der Waals surface area contributed by atoms with Crippen LogP contribution >= 0.6 is 0 Å². The zero-order chi connectivity index (χ0) is 27.8. The molecule has 5 heterocycles. The van der Waals surface area contributed by atoms with Crippen molar-refractivity contribution in [3.05, 3.63) is 103 Å². The number of likely N-dealkylation sites (N-methyl/N-ethyl adjacent to an activating group) is 1. The second-order valence-electron chi connectivity index (χ2n) is 10.8. The van der Waals surface area contributed by atoms with Crippen molar-refractivity contribution in [3.63, 3.8) is 0 Å². The van der Waals surface area contributed by atoms with Gasteiger partial charge in [-0.3, -0.25) is 15.1 Å². The minimum atomic E-state index is 0.745. The Morgan fingerprint density at radius 1 is 0.902 bits per heavy atom. The Balaban J connectivity index is 1.18. The second kappa shape index (κ2) is 10.6. The highest BCUT2D eigenvalue weighted by Gasteiger charge is 2.19. The number of pyridine rings is 2. The average molecular weight is 541 g/mol. The standard InChI is InChI=1S/C33H32N8/c1-22(15-23-7-4-3-5-8-23)36-25-16-24(19-34-20-25)29-18-27-31(21-35-29)38-39-33(27)30-17-26-28(37-30)9-6-10-32(26)41-13-11-40(2)12-14-41/h3-10,16-21,36-37H,1,11-15H2,2H3,(H,38,39). The number of hydrogen-bond donors (Lipinski definition) is 3. The SMILES string of the molecule is C=C(Cc1ccccc1)Nc1cncc(-c2cc3c(-c4cc5c(N6CCN(C)CC6)cccc5[nH]4)n[nH]c3cn2)c1. The summed E-state index contributed by atoms with van der Waals surface area (Å²) in [5.41, 5.74) is 9.88. The molecule has 0 unspecified atom stereocenters. The van der Waals surface area contributed by atoms with Crippen LogP contribution < -0.4 is 10.2 Å². The molecule has 6 aromatic rings. The minimum absolute atomic E-state index is 0.745. The van der Waals surface area contributed by atoms with Gasteiger partial charge < -0.3 is 20.1 Å². The number of allylic oxidation sites excluding steroid dienone is 1. The maximum Gasteiger partial charge on any atom is 0.116 e. The summed E-state index contributed by atoms with van der Waals surface area (Å²) in [6.07, 6.45) is 6.23. The number of benzene rings is 2. The van der Waals surface area contributed by atoms with Gasteiger partial charge in [-0.15, -0.1) is 0 Å². The highest BCUT2D eigenvalue weighted by Crippen LogP contribution is 2.34. The maximum atomic E-state index is 4.71. The van der Waals surface area contributed by atoms with Crippen LogP contribution in [-0.4, -0.2) is 63.3 Å². The molecule has 0 aliphatic carbocycles. The number of anilines is 2. The van der Waals surface area contributed by atoms with Crippen molar-refractivity contribution >= 4 is 33.2 Å². The molecule has 8 nitrogen and oxygen atoms in total. The number of H-pyrrole nitrogens is 2. The van der Waals surface area contributed by atoms with Gasteiger partial charge in [0.25, 0.3) is 0 Å². The molecule has 204 valence electrons. The molecule has 0 saturated carbocycles. The number of aromatic nitrogens is 5. The van der Waals surface area contributed by atoms with E-state index in [4.69, 9.17) is 4.98 Å². The molecule has 2 aromatic carbocycles. The van der Waals surface area contributed by atoms with Gasteiger partial charge in [0.05, 0.1) is 35.0 Å². The Hall–Kier alpha value is -4.95. The highest BCUT2D eigenvalue weighted by molar-refractivity contribution is 6.00. The highest BCUT2D eigenvalue weighted by atomic mass is 15.2. The molecule has 1 fully saturated rings. The smallest absolute Gasteiger partial charge is 0.116 e. The van der Waals surface area contributed by atoms with E-state index in [9.17, 15) is 0 Å². The second-order valence-corrected chi connectivity index (χ2v) is 10.8. The molecule has 0 amide bonds. The lowest BCUT2D eigenvalue weighted by Crippen LogP contribution is -2.44. The van der Waals surface area contributed by atoms with Crippen molar-refractivity contribution in [2.24, 2.45) is 0 Å². The van der Waals surface area contributed by atoms with E-state index in [1.54, 1.807) is 0 Å². The lowest BCUT2D eigenvalue weighted by atomic mass is 10.1. The summed E-state index contributed by atoms with van der Waals surface area (Å²) < 4.78 is 0. The molecule has 0 radical (unpaired) electrons. The van der Waals surface area contributed by atoms with Crippen molar-refractivity contribution in [1.29, 1.82) is 0 Å². The molecule has 0 spiro atoms. The first-order chi connectivity index (χ1) is 20.1. The number of rotatable bonds is 7. The van der Waals surface area contributed by atoms with Crippen molar-refractivity contribution in [3.8, 4) is 22.6 Å². The van der Waals surface area contributed by atoms with Crippen LogP contribution in [0.1, 0.15) is 5.56 Å². The number of aromatic amines is 2. The van der Waals surface area contributed by atoms with Gasteiger partial charge >= 0.3 is 0 Å². The van der Waals surface area contributed by atoms with E-state index in [-0.39, 0.29) is 0 Å². The molecule has 0 bridgehead atoms. The number of nitrogens with one attached hydrogen (secondary N) is 3. The van der Waals surface area contributed by atoms with Gasteiger partial charge in [-0.2, -0.15) is 5.10 Å². The largest absolute Gasteiger partial charge is 0.368 e. The molecule has 4 aromatic heterocycles. The molecule has 1 aliphatic rings. The van der Waals surface area contributed by atoms with E-state index in [0.717, 1.165) is 83.0 Å². The van der Waals surface area contributed by atoms with Crippen molar-refractivity contribution in [2.75, 3.05) is 43.4 Å². The Morgan fingerprint density at radius 3 is 2.61 bits per heavy atom. The summed E-state index contributed by atoms with van der Waals surface area (Å²) in [5.74, 6) is 0. The maximum absolute atomic E-state index is 4.71. The first kappa shape index (κ1) is 25.0. The number of fused-ring (bicyclic) bond motifs is 2. The summed E-state index contributed by atoms with van der Waals surface area (Å²) in [5, 5.41) is 13.5. The molecular formula is C33H32N8. The van der Waals surface area contributed by atoms with Crippen molar-refractivity contribution < 1.29 is 0 Å². The van der Waals surface area contributed by atoms with Crippen LogP contribution in [0.2, 0.25) is 0 Å². The zero-order valence-corrected chi connectivity index (χ0v) is 23.1. The molecule has 1 saturated heterocycles. The van der Waals surface area contributed by atoms with E-state index < -0.39 is 0 Å². The number of hydrogen-bond acceptors (Lipinski definition) is 6. The van der Waals surface area contributed by atoms with Crippen LogP contribution in [0.25, 0.3) is 44.5 Å². The Labute approximate surface area is 238 Å². The van der Waals surface area contributed by atoms with Gasteiger partial charge in [0, 0.05) is 72.0 Å². The van der Waals surface area contributed by atoms with E-state index in [1.165, 1.54) is 16.6 Å². The van der Waals surface area contributed by atoms with Gasteiger partial charge in [-0.1, -0.05) is 43.0 Å². The number of nitrogens with zero attached hydrogens (tertiary/aromatic N) is 5. The third-order valence-corrected chi connectivity index (χ3v) is 7.80. The van der Waals surface area contributed by atoms with Crippen LogP contribution in [0.5, 0.6) is 0 Å². The van der Waals surface area contributed by atoms with Gasteiger partial charge in [0.2, 0.25) is 0 Å². The predicted molar refractivity (Wildman–Crippen MR) is 167 cm³/mol. The molecule has 8 heteroatoms. The summed E-state index contributed by atoms with van der Waals surface area (Å²) in [6.45, 7) is 8.40. The quantitative estimate of drug-likeness (QED) is 0.227. The third-order valence-electron chi connectivity index (χ3n) is 7.80. The lowest BCUT2D eigenvalue weighted by molar-refractivity contribution is 0.313. The van der Waals surface area contributed by atoms with Crippen molar-refractivity contribution in [1.82, 2.24) is 30.0 Å². The fourth-order valence-corrected chi connectivity index (χ4v) is 5.61. The summed E-state index contributed by atoms with van der Waals surface area (Å²) in [6, 6.07) is 23.2. The zero-order valence-electron chi connectivity index (χ0n) is 23.1. The normalized spacial score (nSPS) is 14.1. The molecular weight excluding hydrogens is 508 g/mol. The van der Waals surface area contributed by atoms with E-state index in [1.807, 2.05) is 36.8 Å². The summed E-state index contributed by atoms with van der Waals surface area (Å²) >= 11 is 0. The Bertz CT molecular complexity index is 1840. The third kappa shape index (κ3) is 5.05. The fraction of sp³-hybridized carbons (Fsp3) is 0.182. The van der Waals surface area contributed by atoms with Crippen LogP contribution in [0.3, 0.4) is 0 Å². The van der Waals surface area contributed by atoms with Gasteiger partial charge in [0.1, 0.15) is 5.69 Å². The molecule has 41 heavy (non-hydrogen) atoms. The van der Waals surface area contributed by atoms with E-state index in [2.05, 4.69) is 97.4 Å². The summed E-state index contributed by atoms with van der Waals surface area (Å²) in [4.78, 5) is 17.7. The van der Waals surface area contributed by atoms with E-state index in [0.29, 0.717) is 0 Å². The van der Waals surface area contributed by atoms with Crippen LogP contribution in [0, 0.1) is 0 Å².